The molecule has 2 rings (SSSR count). The molecule has 0 saturated carbocycles. The Morgan fingerprint density at radius 1 is 1.28 bits per heavy atom. The molecule has 2 aromatic rings. The van der Waals surface area contributed by atoms with Crippen LogP contribution in [0.1, 0.15) is 13.0 Å². The molecule has 0 aliphatic carbocycles. The number of nitrogens with one attached hydrogen (secondary N) is 1. The number of carbonyl (C=O) groups is 1. The number of carbonyl (C=O) groups excluding carboxylic acids is 1. The summed E-state index contributed by atoms with van der Waals surface area (Å²) >= 11 is 0. The number of hydrogen-bond acceptors (Lipinski definition) is 8. The summed E-state index contributed by atoms with van der Waals surface area (Å²) in [6.07, 6.45) is -1.80. The molecule has 1 N–H and O–H groups in total. The van der Waals surface area contributed by atoms with E-state index < -0.39 is 46.2 Å². The summed E-state index contributed by atoms with van der Waals surface area (Å²) in [7, 11) is 1.18. The zero-order chi connectivity index (χ0) is 21.7. The molecule has 0 radical (unpaired) electrons. The van der Waals surface area contributed by atoms with Crippen LogP contribution in [0.2, 0.25) is 0 Å². The fourth-order valence-electron chi connectivity index (χ4n) is 2.20. The molecule has 1 atom stereocenters. The van der Waals surface area contributed by atoms with Crippen molar-refractivity contribution in [2.24, 2.45) is 0 Å². The SMILES string of the molecule is COc1nn(C(C)C(=O)Nc2cc(OCC(F)F)cc([N+](=O)[O-])c2)cc1[N+](=O)[O-]. The minimum absolute atomic E-state index is 0.0889. The number of methoxy groups -OCH3 is 1. The first-order valence-electron chi connectivity index (χ1n) is 7.91. The Kier molecular flexibility index (Phi) is 6.59. The molecule has 0 aliphatic heterocycles. The number of nitro benzene ring substituents is 1. The largest absolute Gasteiger partial charge is 0.487 e. The van der Waals surface area contributed by atoms with Crippen molar-refractivity contribution < 1.29 is 32.9 Å². The highest BCUT2D eigenvalue weighted by molar-refractivity contribution is 5.94. The third kappa shape index (κ3) is 5.33. The Morgan fingerprint density at radius 2 is 1.97 bits per heavy atom. The molecular formula is C15H15F2N5O7. The molecule has 1 aromatic heterocycles. The molecule has 0 fully saturated rings. The van der Waals surface area contributed by atoms with Crippen molar-refractivity contribution >= 4 is 23.0 Å². The van der Waals surface area contributed by atoms with Crippen LogP contribution < -0.4 is 14.8 Å². The highest BCUT2D eigenvalue weighted by Gasteiger charge is 2.25. The number of nitro groups is 2. The molecule has 1 amide bonds. The maximum Gasteiger partial charge on any atom is 0.350 e. The molecule has 0 aliphatic rings. The number of halogens is 2. The van der Waals surface area contributed by atoms with Gasteiger partial charge in [0.2, 0.25) is 5.91 Å². The van der Waals surface area contributed by atoms with Crippen LogP contribution in [0.25, 0.3) is 0 Å². The average Bonchev–Trinajstić information content (AvgIpc) is 3.10. The van der Waals surface area contributed by atoms with E-state index in [0.29, 0.717) is 0 Å². The van der Waals surface area contributed by atoms with Gasteiger partial charge in [-0.15, -0.1) is 5.10 Å². The molecule has 1 aromatic carbocycles. The molecule has 12 nitrogen and oxygen atoms in total. The second-order valence-electron chi connectivity index (χ2n) is 5.60. The summed E-state index contributed by atoms with van der Waals surface area (Å²) in [5, 5.41) is 28.1. The van der Waals surface area contributed by atoms with Gasteiger partial charge in [-0.25, -0.2) is 13.5 Å². The molecule has 0 saturated heterocycles. The lowest BCUT2D eigenvalue weighted by atomic mass is 10.2. The first-order chi connectivity index (χ1) is 13.6. The van der Waals surface area contributed by atoms with E-state index in [-0.39, 0.29) is 17.3 Å². The molecule has 0 bridgehead atoms. The van der Waals surface area contributed by atoms with Gasteiger partial charge in [0.25, 0.3) is 12.1 Å². The standard InChI is InChI=1S/C15H15F2N5O7/c1-8(20-6-12(22(26)27)15(19-20)28-2)14(23)18-9-3-10(21(24)25)5-11(4-9)29-7-13(16)17/h3-6,8,13H,7H2,1-2H3,(H,18,23). The van der Waals surface area contributed by atoms with Crippen molar-refractivity contribution in [2.45, 2.75) is 19.4 Å². The normalized spacial score (nSPS) is 11.8. The lowest BCUT2D eigenvalue weighted by Crippen LogP contribution is -2.24. The molecule has 1 unspecified atom stereocenters. The smallest absolute Gasteiger partial charge is 0.350 e. The van der Waals surface area contributed by atoms with Gasteiger partial charge in [0.05, 0.1) is 28.7 Å². The monoisotopic (exact) mass is 415 g/mol. The van der Waals surface area contributed by atoms with Gasteiger partial charge in [0, 0.05) is 12.1 Å². The fraction of sp³-hybridized carbons (Fsp3) is 0.333. The van der Waals surface area contributed by atoms with Gasteiger partial charge in [-0.05, 0) is 6.92 Å². The number of anilines is 1. The first-order valence-corrected chi connectivity index (χ1v) is 7.91. The summed E-state index contributed by atoms with van der Waals surface area (Å²) in [5.41, 5.74) is -1.03. The summed E-state index contributed by atoms with van der Waals surface area (Å²) in [5.74, 6) is -1.27. The third-order valence-electron chi connectivity index (χ3n) is 3.59. The minimum atomic E-state index is -2.79. The van der Waals surface area contributed by atoms with E-state index in [1.165, 1.54) is 14.0 Å². The van der Waals surface area contributed by atoms with Gasteiger partial charge in [-0.3, -0.25) is 25.0 Å². The number of non-ortho nitro benzene ring substituents is 1. The van der Waals surface area contributed by atoms with E-state index in [0.717, 1.165) is 29.1 Å². The number of nitrogens with zero attached hydrogens (tertiary/aromatic N) is 4. The number of amides is 1. The lowest BCUT2D eigenvalue weighted by Gasteiger charge is -2.13. The van der Waals surface area contributed by atoms with Crippen LogP contribution in [-0.2, 0) is 4.79 Å². The van der Waals surface area contributed by atoms with Crippen LogP contribution in [0.4, 0.5) is 25.8 Å². The Balaban J connectivity index is 2.24. The molecular weight excluding hydrogens is 400 g/mol. The first kappa shape index (κ1) is 21.5. The van der Waals surface area contributed by atoms with Crippen molar-refractivity contribution in [1.82, 2.24) is 9.78 Å². The maximum absolute atomic E-state index is 12.4. The highest BCUT2D eigenvalue weighted by Crippen LogP contribution is 2.28. The zero-order valence-corrected chi connectivity index (χ0v) is 15.1. The van der Waals surface area contributed by atoms with Crippen LogP contribution in [0.3, 0.4) is 0 Å². The number of ether oxygens (including phenoxy) is 2. The highest BCUT2D eigenvalue weighted by atomic mass is 19.3. The number of alkyl halides is 2. The van der Waals surface area contributed by atoms with Crippen LogP contribution in [0, 0.1) is 20.2 Å². The summed E-state index contributed by atoms with van der Waals surface area (Å²) in [6.45, 7) is 0.388. The molecule has 0 spiro atoms. The van der Waals surface area contributed by atoms with E-state index in [2.05, 4.69) is 10.4 Å². The minimum Gasteiger partial charge on any atom is -0.487 e. The summed E-state index contributed by atoms with van der Waals surface area (Å²) < 4.78 is 35.2. The van der Waals surface area contributed by atoms with Crippen molar-refractivity contribution in [1.29, 1.82) is 0 Å². The van der Waals surface area contributed by atoms with E-state index in [9.17, 15) is 33.8 Å². The molecule has 14 heteroatoms. The van der Waals surface area contributed by atoms with E-state index >= 15 is 0 Å². The number of hydrogen-bond donors (Lipinski definition) is 1. The Labute approximate surface area is 161 Å². The third-order valence-corrected chi connectivity index (χ3v) is 3.59. The van der Waals surface area contributed by atoms with Gasteiger partial charge >= 0.3 is 11.6 Å². The molecule has 156 valence electrons. The van der Waals surface area contributed by atoms with Crippen LogP contribution in [0.5, 0.6) is 11.6 Å². The van der Waals surface area contributed by atoms with Gasteiger partial charge in [-0.2, -0.15) is 0 Å². The van der Waals surface area contributed by atoms with E-state index in [1.807, 2.05) is 0 Å². The quantitative estimate of drug-likeness (QED) is 0.484. The average molecular weight is 415 g/mol. The Bertz CT molecular complexity index is 934. The van der Waals surface area contributed by atoms with Gasteiger partial charge < -0.3 is 14.8 Å². The van der Waals surface area contributed by atoms with E-state index in [1.54, 1.807) is 0 Å². The predicted molar refractivity (Wildman–Crippen MR) is 93.4 cm³/mol. The zero-order valence-electron chi connectivity index (χ0n) is 15.1. The second kappa shape index (κ2) is 8.90. The van der Waals surface area contributed by atoms with Crippen LogP contribution >= 0.6 is 0 Å². The van der Waals surface area contributed by atoms with Crippen molar-refractivity contribution in [2.75, 3.05) is 19.0 Å². The topological polar surface area (TPSA) is 152 Å². The number of aromatic nitrogens is 2. The van der Waals surface area contributed by atoms with Gasteiger partial charge in [-0.1, -0.05) is 0 Å². The maximum atomic E-state index is 12.4. The lowest BCUT2D eigenvalue weighted by molar-refractivity contribution is -0.385. The van der Waals surface area contributed by atoms with E-state index in [4.69, 9.17) is 9.47 Å². The van der Waals surface area contributed by atoms with Crippen molar-refractivity contribution in [3.05, 3.63) is 44.6 Å². The van der Waals surface area contributed by atoms with Gasteiger partial charge in [0.1, 0.15) is 24.6 Å². The van der Waals surface area contributed by atoms with Crippen molar-refractivity contribution in [3.63, 3.8) is 0 Å². The number of rotatable bonds is 9. The molecule has 29 heavy (non-hydrogen) atoms. The second-order valence-corrected chi connectivity index (χ2v) is 5.60. The molecule has 1 heterocycles. The van der Waals surface area contributed by atoms with Crippen LogP contribution in [-0.4, -0.2) is 45.7 Å². The van der Waals surface area contributed by atoms with Crippen molar-refractivity contribution in [3.8, 4) is 11.6 Å². The van der Waals surface area contributed by atoms with Gasteiger partial charge in [0.15, 0.2) is 0 Å². The van der Waals surface area contributed by atoms with Crippen LogP contribution in [0.15, 0.2) is 24.4 Å². The fourth-order valence-corrected chi connectivity index (χ4v) is 2.20. The summed E-state index contributed by atoms with van der Waals surface area (Å²) in [4.78, 5) is 32.9. The Morgan fingerprint density at radius 3 is 2.48 bits per heavy atom. The predicted octanol–water partition coefficient (Wildman–Crippen LogP) is 2.55. The number of benzene rings is 1. The Hall–Kier alpha value is -3.84. The summed E-state index contributed by atoms with van der Waals surface area (Å²) in [6, 6.07) is 2.00.